The Morgan fingerprint density at radius 1 is 1.37 bits per heavy atom. The number of benzene rings is 1. The van der Waals surface area contributed by atoms with Gasteiger partial charge in [-0.1, -0.05) is 0 Å². The van der Waals surface area contributed by atoms with Gasteiger partial charge >= 0.3 is 0 Å². The monoisotopic (exact) mass is 265 g/mol. The fourth-order valence-electron chi connectivity index (χ4n) is 1.53. The Balaban J connectivity index is 2.56. The maximum absolute atomic E-state index is 11.4. The Hall–Kier alpha value is -2.04. The van der Waals surface area contributed by atoms with Crippen LogP contribution in [0.15, 0.2) is 18.2 Å². The van der Waals surface area contributed by atoms with E-state index in [0.717, 1.165) is 6.29 Å². The van der Waals surface area contributed by atoms with Crippen LogP contribution in [0.5, 0.6) is 11.5 Å². The summed E-state index contributed by atoms with van der Waals surface area (Å²) >= 11 is 0. The standard InChI is InChI=1S/C14H19NO4/c1-10(2)15-14(17)6-7-19-13-8-11(9-16)4-5-12(13)18-3/h4-5,8-10H,6-7H2,1-3H3,(H,15,17). The van der Waals surface area contributed by atoms with Crippen LogP contribution >= 0.6 is 0 Å². The summed E-state index contributed by atoms with van der Waals surface area (Å²) in [5, 5.41) is 2.77. The molecule has 5 nitrogen and oxygen atoms in total. The summed E-state index contributed by atoms with van der Waals surface area (Å²) in [6.45, 7) is 4.03. The van der Waals surface area contributed by atoms with Crippen molar-refractivity contribution >= 4 is 12.2 Å². The normalized spacial score (nSPS) is 10.1. The third-order valence-corrected chi connectivity index (χ3v) is 2.36. The highest BCUT2D eigenvalue weighted by Crippen LogP contribution is 2.27. The smallest absolute Gasteiger partial charge is 0.223 e. The molecular formula is C14H19NO4. The average molecular weight is 265 g/mol. The lowest BCUT2D eigenvalue weighted by molar-refractivity contribution is -0.122. The first-order valence-corrected chi connectivity index (χ1v) is 6.12. The second kappa shape index (κ2) is 7.41. The first-order valence-electron chi connectivity index (χ1n) is 6.12. The summed E-state index contributed by atoms with van der Waals surface area (Å²) in [4.78, 5) is 22.1. The fourth-order valence-corrected chi connectivity index (χ4v) is 1.53. The van der Waals surface area contributed by atoms with Gasteiger partial charge in [-0.15, -0.1) is 0 Å². The molecule has 0 aliphatic rings. The van der Waals surface area contributed by atoms with E-state index in [4.69, 9.17) is 9.47 Å². The number of methoxy groups -OCH3 is 1. The minimum Gasteiger partial charge on any atom is -0.493 e. The number of carbonyl (C=O) groups excluding carboxylic acids is 2. The Labute approximate surface area is 112 Å². The van der Waals surface area contributed by atoms with Crippen LogP contribution in [0, 0.1) is 0 Å². The summed E-state index contributed by atoms with van der Waals surface area (Å²) in [6, 6.07) is 5.00. The molecule has 0 unspecified atom stereocenters. The molecule has 0 saturated heterocycles. The van der Waals surface area contributed by atoms with Crippen LogP contribution in [-0.4, -0.2) is 32.0 Å². The Bertz CT molecular complexity index is 443. The molecule has 0 fully saturated rings. The zero-order chi connectivity index (χ0) is 14.3. The number of hydrogen-bond donors (Lipinski definition) is 1. The number of aldehydes is 1. The molecule has 1 rings (SSSR count). The SMILES string of the molecule is COc1ccc(C=O)cc1OCCC(=O)NC(C)C. The van der Waals surface area contributed by atoms with Gasteiger partial charge in [-0.3, -0.25) is 9.59 Å². The van der Waals surface area contributed by atoms with Gasteiger partial charge in [-0.2, -0.15) is 0 Å². The Morgan fingerprint density at radius 2 is 2.11 bits per heavy atom. The van der Waals surface area contributed by atoms with Gasteiger partial charge < -0.3 is 14.8 Å². The van der Waals surface area contributed by atoms with Crippen molar-refractivity contribution in [2.45, 2.75) is 26.3 Å². The van der Waals surface area contributed by atoms with Crippen molar-refractivity contribution in [1.29, 1.82) is 0 Å². The zero-order valence-electron chi connectivity index (χ0n) is 11.4. The highest BCUT2D eigenvalue weighted by atomic mass is 16.5. The highest BCUT2D eigenvalue weighted by molar-refractivity contribution is 5.77. The molecule has 0 aliphatic carbocycles. The lowest BCUT2D eigenvalue weighted by Gasteiger charge is -2.12. The predicted octanol–water partition coefficient (Wildman–Crippen LogP) is 1.80. The maximum atomic E-state index is 11.4. The zero-order valence-corrected chi connectivity index (χ0v) is 11.4. The molecule has 104 valence electrons. The van der Waals surface area contributed by atoms with Crippen LogP contribution in [0.25, 0.3) is 0 Å². The van der Waals surface area contributed by atoms with Crippen LogP contribution < -0.4 is 14.8 Å². The van der Waals surface area contributed by atoms with Gasteiger partial charge in [0.1, 0.15) is 6.29 Å². The fraction of sp³-hybridized carbons (Fsp3) is 0.429. The lowest BCUT2D eigenvalue weighted by atomic mass is 10.2. The molecule has 0 saturated carbocycles. The number of amides is 1. The summed E-state index contributed by atoms with van der Waals surface area (Å²) in [6.07, 6.45) is 0.990. The molecule has 0 aromatic heterocycles. The Kier molecular flexibility index (Phi) is 5.85. The molecule has 0 radical (unpaired) electrons. The third-order valence-electron chi connectivity index (χ3n) is 2.36. The van der Waals surface area contributed by atoms with Crippen molar-refractivity contribution < 1.29 is 19.1 Å². The molecule has 0 atom stereocenters. The quantitative estimate of drug-likeness (QED) is 0.763. The van der Waals surface area contributed by atoms with Gasteiger partial charge in [-0.05, 0) is 32.0 Å². The molecule has 0 spiro atoms. The first-order chi connectivity index (χ1) is 9.06. The van der Waals surface area contributed by atoms with E-state index in [9.17, 15) is 9.59 Å². The van der Waals surface area contributed by atoms with E-state index in [1.165, 1.54) is 7.11 Å². The number of rotatable bonds is 7. The van der Waals surface area contributed by atoms with E-state index in [1.807, 2.05) is 13.8 Å². The topological polar surface area (TPSA) is 64.6 Å². The summed E-state index contributed by atoms with van der Waals surface area (Å²) in [5.74, 6) is 0.930. The predicted molar refractivity (Wildman–Crippen MR) is 71.8 cm³/mol. The molecule has 1 N–H and O–H groups in total. The summed E-state index contributed by atoms with van der Waals surface area (Å²) < 4.78 is 10.6. The number of ether oxygens (including phenoxy) is 2. The molecule has 0 bridgehead atoms. The van der Waals surface area contributed by atoms with E-state index in [1.54, 1.807) is 18.2 Å². The molecule has 0 heterocycles. The van der Waals surface area contributed by atoms with Crippen molar-refractivity contribution in [2.24, 2.45) is 0 Å². The van der Waals surface area contributed by atoms with Crippen molar-refractivity contribution in [3.8, 4) is 11.5 Å². The molecule has 0 aliphatic heterocycles. The van der Waals surface area contributed by atoms with Crippen LogP contribution in [-0.2, 0) is 4.79 Å². The van der Waals surface area contributed by atoms with Gasteiger partial charge in [0, 0.05) is 11.6 Å². The third kappa shape index (κ3) is 4.99. The summed E-state index contributed by atoms with van der Waals surface area (Å²) in [7, 11) is 1.52. The summed E-state index contributed by atoms with van der Waals surface area (Å²) in [5.41, 5.74) is 0.502. The van der Waals surface area contributed by atoms with E-state index in [2.05, 4.69) is 5.32 Å². The van der Waals surface area contributed by atoms with E-state index < -0.39 is 0 Å². The largest absolute Gasteiger partial charge is 0.493 e. The minimum atomic E-state index is -0.0690. The maximum Gasteiger partial charge on any atom is 0.223 e. The van der Waals surface area contributed by atoms with Crippen molar-refractivity contribution in [3.05, 3.63) is 23.8 Å². The van der Waals surface area contributed by atoms with E-state index in [-0.39, 0.29) is 25.0 Å². The van der Waals surface area contributed by atoms with Gasteiger partial charge in [0.2, 0.25) is 5.91 Å². The molecule has 1 aromatic carbocycles. The number of nitrogens with one attached hydrogen (secondary N) is 1. The van der Waals surface area contributed by atoms with Gasteiger partial charge in [0.25, 0.3) is 0 Å². The lowest BCUT2D eigenvalue weighted by Crippen LogP contribution is -2.31. The molecule has 1 amide bonds. The molecule has 1 aromatic rings. The van der Waals surface area contributed by atoms with Crippen LogP contribution in [0.3, 0.4) is 0 Å². The van der Waals surface area contributed by atoms with Gasteiger partial charge in [0.15, 0.2) is 11.5 Å². The van der Waals surface area contributed by atoms with Crippen LogP contribution in [0.1, 0.15) is 30.6 Å². The number of hydrogen-bond acceptors (Lipinski definition) is 4. The first kappa shape index (κ1) is 15.0. The molecule has 19 heavy (non-hydrogen) atoms. The minimum absolute atomic E-state index is 0.0690. The van der Waals surface area contributed by atoms with E-state index in [0.29, 0.717) is 17.1 Å². The van der Waals surface area contributed by atoms with Crippen LogP contribution in [0.4, 0.5) is 0 Å². The Morgan fingerprint density at radius 3 is 2.68 bits per heavy atom. The van der Waals surface area contributed by atoms with Gasteiger partial charge in [-0.25, -0.2) is 0 Å². The number of carbonyl (C=O) groups is 2. The van der Waals surface area contributed by atoms with Crippen LogP contribution in [0.2, 0.25) is 0 Å². The average Bonchev–Trinajstić information content (AvgIpc) is 2.37. The molecular weight excluding hydrogens is 246 g/mol. The second-order valence-corrected chi connectivity index (χ2v) is 4.35. The van der Waals surface area contributed by atoms with Crippen molar-refractivity contribution in [3.63, 3.8) is 0 Å². The van der Waals surface area contributed by atoms with Crippen molar-refractivity contribution in [1.82, 2.24) is 5.32 Å². The van der Waals surface area contributed by atoms with Gasteiger partial charge in [0.05, 0.1) is 20.1 Å². The van der Waals surface area contributed by atoms with Crippen molar-refractivity contribution in [2.75, 3.05) is 13.7 Å². The molecule has 5 heteroatoms. The van der Waals surface area contributed by atoms with E-state index >= 15 is 0 Å². The second-order valence-electron chi connectivity index (χ2n) is 4.35. The highest BCUT2D eigenvalue weighted by Gasteiger charge is 2.08.